The van der Waals surface area contributed by atoms with Crippen LogP contribution in [0.2, 0.25) is 5.02 Å². The molecule has 2 aliphatic heterocycles. The molecule has 2 saturated heterocycles. The number of ether oxygens (including phenoxy) is 4. The molecule has 12 heteroatoms. The highest BCUT2D eigenvalue weighted by atomic mass is 35.5. The van der Waals surface area contributed by atoms with Crippen molar-refractivity contribution in [1.29, 1.82) is 0 Å². The Balaban J connectivity index is 1.30. The van der Waals surface area contributed by atoms with E-state index in [0.29, 0.717) is 63.4 Å². The molecule has 0 aliphatic carbocycles. The van der Waals surface area contributed by atoms with E-state index in [9.17, 15) is 14.7 Å². The first-order valence-electron chi connectivity index (χ1n) is 15.5. The van der Waals surface area contributed by atoms with Gasteiger partial charge in [0, 0.05) is 24.2 Å². The summed E-state index contributed by atoms with van der Waals surface area (Å²) in [4.78, 5) is 29.3. The summed E-state index contributed by atoms with van der Waals surface area (Å²) in [5.41, 5.74) is 2.59. The summed E-state index contributed by atoms with van der Waals surface area (Å²) in [6.45, 7) is 6.66. The predicted octanol–water partition coefficient (Wildman–Crippen LogP) is 7.26. The third kappa shape index (κ3) is 8.78. The summed E-state index contributed by atoms with van der Waals surface area (Å²) in [6.07, 6.45) is 4.76. The number of amides is 1. The number of likely N-dealkylation sites (tertiary alicyclic amines) is 1. The van der Waals surface area contributed by atoms with Crippen LogP contribution in [0.3, 0.4) is 0 Å². The minimum absolute atomic E-state index is 0.104. The van der Waals surface area contributed by atoms with Gasteiger partial charge in [-0.25, -0.2) is 4.79 Å². The average Bonchev–Trinajstić information content (AvgIpc) is 3.67. The number of methoxy groups -OCH3 is 1. The Bertz CT molecular complexity index is 1660. The van der Waals surface area contributed by atoms with Crippen molar-refractivity contribution in [2.75, 3.05) is 53.1 Å². The Labute approximate surface area is 289 Å². The first kappa shape index (κ1) is 34.6. The SMILES string of the molecule is CCOc1ccc(-c2ccc(OCCN3CCCC3)c(C=C3SC(=S)N(CCCOc4ccc(C(=O)O)cc4OC)C3=O)c2)c(Cl)c1. The lowest BCUT2D eigenvalue weighted by Gasteiger charge is -2.17. The van der Waals surface area contributed by atoms with Gasteiger partial charge in [0.15, 0.2) is 11.5 Å². The first-order chi connectivity index (χ1) is 22.8. The van der Waals surface area contributed by atoms with E-state index in [0.717, 1.165) is 36.3 Å². The molecule has 3 aromatic carbocycles. The number of carbonyl (C=O) groups is 2. The Morgan fingerprint density at radius 3 is 2.47 bits per heavy atom. The topological polar surface area (TPSA) is 97.8 Å². The van der Waals surface area contributed by atoms with Gasteiger partial charge in [-0.15, -0.1) is 0 Å². The van der Waals surface area contributed by atoms with Crippen LogP contribution in [-0.4, -0.2) is 84.2 Å². The summed E-state index contributed by atoms with van der Waals surface area (Å²) in [5, 5.41) is 9.78. The number of hydrogen-bond donors (Lipinski definition) is 1. The first-order valence-corrected chi connectivity index (χ1v) is 17.1. The molecule has 0 radical (unpaired) electrons. The van der Waals surface area contributed by atoms with E-state index >= 15 is 0 Å². The average molecular weight is 697 g/mol. The summed E-state index contributed by atoms with van der Waals surface area (Å²) in [6, 6.07) is 15.9. The molecule has 1 amide bonds. The number of halogens is 1. The number of carboxylic acids is 1. The van der Waals surface area contributed by atoms with Gasteiger partial charge in [-0.1, -0.05) is 41.6 Å². The lowest BCUT2D eigenvalue weighted by atomic mass is 10.0. The van der Waals surface area contributed by atoms with Crippen LogP contribution in [-0.2, 0) is 4.79 Å². The summed E-state index contributed by atoms with van der Waals surface area (Å²) in [5.74, 6) is 0.892. The predicted molar refractivity (Wildman–Crippen MR) is 189 cm³/mol. The molecular formula is C35H37ClN2O7S2. The Morgan fingerprint density at radius 1 is 0.979 bits per heavy atom. The van der Waals surface area contributed by atoms with Crippen molar-refractivity contribution >= 4 is 57.9 Å². The molecule has 248 valence electrons. The lowest BCUT2D eigenvalue weighted by molar-refractivity contribution is -0.122. The van der Waals surface area contributed by atoms with E-state index in [4.69, 9.17) is 42.8 Å². The van der Waals surface area contributed by atoms with Crippen LogP contribution in [0.15, 0.2) is 59.5 Å². The number of nitrogens with zero attached hydrogens (tertiary/aromatic N) is 2. The maximum Gasteiger partial charge on any atom is 0.335 e. The number of aromatic carboxylic acids is 1. The van der Waals surface area contributed by atoms with Crippen molar-refractivity contribution in [2.24, 2.45) is 0 Å². The van der Waals surface area contributed by atoms with E-state index in [1.807, 2.05) is 43.3 Å². The highest BCUT2D eigenvalue weighted by Crippen LogP contribution is 2.38. The molecule has 47 heavy (non-hydrogen) atoms. The highest BCUT2D eigenvalue weighted by Gasteiger charge is 2.32. The van der Waals surface area contributed by atoms with Gasteiger partial charge in [0.2, 0.25) is 0 Å². The van der Waals surface area contributed by atoms with Gasteiger partial charge in [0.1, 0.15) is 22.4 Å². The van der Waals surface area contributed by atoms with Gasteiger partial charge in [0.25, 0.3) is 5.91 Å². The van der Waals surface area contributed by atoms with Gasteiger partial charge in [-0.3, -0.25) is 14.6 Å². The third-order valence-corrected chi connectivity index (χ3v) is 9.48. The van der Waals surface area contributed by atoms with Crippen molar-refractivity contribution in [1.82, 2.24) is 9.80 Å². The Morgan fingerprint density at radius 2 is 1.74 bits per heavy atom. The normalized spacial score (nSPS) is 15.8. The molecule has 0 aromatic heterocycles. The fourth-order valence-corrected chi connectivity index (χ4v) is 6.98. The molecule has 3 aromatic rings. The molecule has 2 aliphatic rings. The van der Waals surface area contributed by atoms with Crippen molar-refractivity contribution in [3.05, 3.63) is 75.7 Å². The number of thioether (sulfide) groups is 1. The second-order valence-electron chi connectivity index (χ2n) is 10.9. The second kappa shape index (κ2) is 16.4. The van der Waals surface area contributed by atoms with Gasteiger partial charge >= 0.3 is 5.97 Å². The molecule has 2 heterocycles. The van der Waals surface area contributed by atoms with Crippen LogP contribution in [0.5, 0.6) is 23.0 Å². The minimum Gasteiger partial charge on any atom is -0.494 e. The van der Waals surface area contributed by atoms with E-state index in [1.54, 1.807) is 17.0 Å². The van der Waals surface area contributed by atoms with Gasteiger partial charge < -0.3 is 24.1 Å². The van der Waals surface area contributed by atoms with Crippen LogP contribution in [0.4, 0.5) is 0 Å². The molecule has 9 nitrogen and oxygen atoms in total. The monoisotopic (exact) mass is 696 g/mol. The summed E-state index contributed by atoms with van der Waals surface area (Å²) < 4.78 is 23.4. The number of hydrogen-bond acceptors (Lipinski definition) is 9. The third-order valence-electron chi connectivity index (χ3n) is 7.79. The van der Waals surface area contributed by atoms with Crippen LogP contribution in [0, 0.1) is 0 Å². The maximum atomic E-state index is 13.5. The fourth-order valence-electron chi connectivity index (χ4n) is 5.40. The molecule has 0 unspecified atom stereocenters. The van der Waals surface area contributed by atoms with E-state index < -0.39 is 5.97 Å². The number of carboxylic acid groups (broad SMARTS) is 1. The molecule has 0 spiro atoms. The Kier molecular flexibility index (Phi) is 12.0. The number of carbonyl (C=O) groups excluding carboxylic acids is 1. The molecule has 5 rings (SSSR count). The standard InChI is InChI=1S/C35H37ClN2O7S2/c1-3-43-26-9-10-27(28(36)22-26)23-7-11-29(45-18-16-37-13-4-5-14-37)25(19-23)21-32-33(39)38(35(46)47-32)15-6-17-44-30-12-8-24(34(40)41)20-31(30)42-2/h7-12,19-22H,3-6,13-18H2,1-2H3,(H,40,41). The highest BCUT2D eigenvalue weighted by molar-refractivity contribution is 8.26. The largest absolute Gasteiger partial charge is 0.494 e. The molecule has 0 atom stereocenters. The summed E-state index contributed by atoms with van der Waals surface area (Å²) in [7, 11) is 1.45. The van der Waals surface area contributed by atoms with E-state index in [2.05, 4.69) is 4.90 Å². The Hall–Kier alpha value is -3.77. The van der Waals surface area contributed by atoms with Crippen molar-refractivity contribution in [2.45, 2.75) is 26.2 Å². The zero-order chi connectivity index (χ0) is 33.3. The maximum absolute atomic E-state index is 13.5. The van der Waals surface area contributed by atoms with Crippen molar-refractivity contribution in [3.63, 3.8) is 0 Å². The molecule has 1 N–H and O–H groups in total. The molecule has 0 bridgehead atoms. The minimum atomic E-state index is -1.05. The molecular weight excluding hydrogens is 660 g/mol. The smallest absolute Gasteiger partial charge is 0.335 e. The fraction of sp³-hybridized carbons (Fsp3) is 0.343. The molecule has 2 fully saturated rings. The van der Waals surface area contributed by atoms with Crippen molar-refractivity contribution < 1.29 is 33.6 Å². The molecule has 0 saturated carbocycles. The number of thiocarbonyl (C=S) groups is 1. The number of benzene rings is 3. The van der Waals surface area contributed by atoms with Crippen LogP contribution >= 0.6 is 35.6 Å². The van der Waals surface area contributed by atoms with Crippen LogP contribution < -0.4 is 18.9 Å². The second-order valence-corrected chi connectivity index (χ2v) is 13.0. The van der Waals surface area contributed by atoms with Crippen LogP contribution in [0.1, 0.15) is 42.1 Å². The zero-order valence-electron chi connectivity index (χ0n) is 26.3. The summed E-state index contributed by atoms with van der Waals surface area (Å²) >= 11 is 13.5. The van der Waals surface area contributed by atoms with E-state index in [1.165, 1.54) is 43.8 Å². The van der Waals surface area contributed by atoms with Gasteiger partial charge in [-0.2, -0.15) is 0 Å². The lowest BCUT2D eigenvalue weighted by Crippen LogP contribution is -2.30. The van der Waals surface area contributed by atoms with Crippen molar-refractivity contribution in [3.8, 4) is 34.1 Å². The zero-order valence-corrected chi connectivity index (χ0v) is 28.7. The quantitative estimate of drug-likeness (QED) is 0.0994. The van der Waals surface area contributed by atoms with Gasteiger partial charge in [-0.05, 0) is 99.4 Å². The van der Waals surface area contributed by atoms with Gasteiger partial charge in [0.05, 0.1) is 35.8 Å². The number of rotatable bonds is 15. The van der Waals surface area contributed by atoms with E-state index in [-0.39, 0.29) is 18.1 Å². The van der Waals surface area contributed by atoms with Crippen LogP contribution in [0.25, 0.3) is 17.2 Å².